The molecule has 1 heterocycles. The summed E-state index contributed by atoms with van der Waals surface area (Å²) >= 11 is 0. The second kappa shape index (κ2) is 11.7. The summed E-state index contributed by atoms with van der Waals surface area (Å²) in [5, 5.41) is 6.79. The Balaban J connectivity index is 2.72. The van der Waals surface area contributed by atoms with Gasteiger partial charge in [-0.05, 0) is 46.0 Å². The van der Waals surface area contributed by atoms with E-state index in [4.69, 9.17) is 4.74 Å². The minimum absolute atomic E-state index is 0.145. The average Bonchev–Trinajstić information content (AvgIpc) is 2.70. The zero-order chi connectivity index (χ0) is 22.9. The van der Waals surface area contributed by atoms with Gasteiger partial charge in [0, 0.05) is 13.0 Å². The van der Waals surface area contributed by atoms with E-state index in [9.17, 15) is 19.2 Å². The summed E-state index contributed by atoms with van der Waals surface area (Å²) < 4.78 is 4.82. The molecule has 1 fully saturated rings. The molecule has 1 saturated heterocycles. The van der Waals surface area contributed by atoms with Crippen molar-refractivity contribution in [3.63, 3.8) is 0 Å². The van der Waals surface area contributed by atoms with Crippen molar-refractivity contribution < 1.29 is 23.9 Å². The van der Waals surface area contributed by atoms with Crippen LogP contribution in [0.5, 0.6) is 0 Å². The van der Waals surface area contributed by atoms with Gasteiger partial charge in [0.25, 0.3) is 5.91 Å². The van der Waals surface area contributed by atoms with E-state index in [0.29, 0.717) is 32.2 Å². The van der Waals surface area contributed by atoms with Gasteiger partial charge in [0.1, 0.15) is 17.6 Å². The number of hydrazine groups is 1. The standard InChI is InChI=1S/C21H36N4O5/c1-7-8-9-11-16(26)23-17(14(2)3)18(27)22-15(4)19(28)25-13-10-12-21(5,24-25)20(29)30-6/h7-8,14-15,17,24H,9-13H2,1-6H3,(H,22,27)(H,23,26)/b8-7+. The fourth-order valence-electron chi connectivity index (χ4n) is 3.30. The molecule has 0 aromatic heterocycles. The topological polar surface area (TPSA) is 117 Å². The molecule has 0 spiro atoms. The minimum Gasteiger partial charge on any atom is -0.468 e. The van der Waals surface area contributed by atoms with Crippen molar-refractivity contribution in [1.82, 2.24) is 21.1 Å². The Labute approximate surface area is 178 Å². The Morgan fingerprint density at radius 1 is 1.20 bits per heavy atom. The van der Waals surface area contributed by atoms with E-state index in [-0.39, 0.29) is 17.7 Å². The Morgan fingerprint density at radius 2 is 1.87 bits per heavy atom. The summed E-state index contributed by atoms with van der Waals surface area (Å²) in [6.07, 6.45) is 5.81. The fraction of sp³-hybridized carbons (Fsp3) is 0.714. The molecule has 9 nitrogen and oxygen atoms in total. The van der Waals surface area contributed by atoms with Gasteiger partial charge < -0.3 is 15.4 Å². The van der Waals surface area contributed by atoms with Gasteiger partial charge in [-0.25, -0.2) is 5.43 Å². The van der Waals surface area contributed by atoms with Crippen LogP contribution in [0, 0.1) is 5.92 Å². The molecule has 9 heteroatoms. The number of hydrogen-bond donors (Lipinski definition) is 3. The molecule has 30 heavy (non-hydrogen) atoms. The molecule has 0 aromatic carbocycles. The first-order valence-electron chi connectivity index (χ1n) is 10.4. The van der Waals surface area contributed by atoms with E-state index < -0.39 is 29.5 Å². The highest BCUT2D eigenvalue weighted by Crippen LogP contribution is 2.20. The van der Waals surface area contributed by atoms with E-state index in [0.717, 1.165) is 0 Å². The fourth-order valence-corrected chi connectivity index (χ4v) is 3.30. The number of hydrogen-bond acceptors (Lipinski definition) is 6. The summed E-state index contributed by atoms with van der Waals surface area (Å²) in [4.78, 5) is 49.7. The summed E-state index contributed by atoms with van der Waals surface area (Å²) in [6, 6.07) is -1.57. The van der Waals surface area contributed by atoms with Gasteiger partial charge >= 0.3 is 5.97 Å². The Morgan fingerprint density at radius 3 is 2.43 bits per heavy atom. The molecule has 0 radical (unpaired) electrons. The molecule has 170 valence electrons. The number of methoxy groups -OCH3 is 1. The quantitative estimate of drug-likeness (QED) is 0.376. The van der Waals surface area contributed by atoms with E-state index in [2.05, 4.69) is 16.1 Å². The van der Waals surface area contributed by atoms with Crippen LogP contribution in [0.2, 0.25) is 0 Å². The third-order valence-corrected chi connectivity index (χ3v) is 5.11. The van der Waals surface area contributed by atoms with Crippen molar-refractivity contribution >= 4 is 23.7 Å². The SMILES string of the molecule is C/C=C/CCC(=O)NC(C(=O)NC(C)C(=O)N1CCCC(C)(C(=O)OC)N1)C(C)C. The Hall–Kier alpha value is -2.42. The normalized spacial score (nSPS) is 21.2. The number of nitrogens with zero attached hydrogens (tertiary/aromatic N) is 1. The first-order chi connectivity index (χ1) is 14.1. The Bertz CT molecular complexity index is 664. The van der Waals surface area contributed by atoms with Crippen LogP contribution in [-0.2, 0) is 23.9 Å². The lowest BCUT2D eigenvalue weighted by molar-refractivity contribution is -0.157. The van der Waals surface area contributed by atoms with Gasteiger partial charge in [-0.15, -0.1) is 0 Å². The van der Waals surface area contributed by atoms with Gasteiger partial charge in [-0.3, -0.25) is 24.2 Å². The number of ether oxygens (including phenoxy) is 1. The highest BCUT2D eigenvalue weighted by Gasteiger charge is 2.41. The van der Waals surface area contributed by atoms with Gasteiger partial charge in [0.05, 0.1) is 7.11 Å². The van der Waals surface area contributed by atoms with Crippen LogP contribution in [0.25, 0.3) is 0 Å². The second-order valence-corrected chi connectivity index (χ2v) is 8.16. The summed E-state index contributed by atoms with van der Waals surface area (Å²) in [7, 11) is 1.30. The van der Waals surface area contributed by atoms with Crippen LogP contribution in [0.15, 0.2) is 12.2 Å². The lowest BCUT2D eigenvalue weighted by atomic mass is 9.94. The molecule has 0 aromatic rings. The predicted octanol–water partition coefficient (Wildman–Crippen LogP) is 1.05. The summed E-state index contributed by atoms with van der Waals surface area (Å²) in [5.41, 5.74) is 1.94. The van der Waals surface area contributed by atoms with Crippen molar-refractivity contribution in [1.29, 1.82) is 0 Å². The van der Waals surface area contributed by atoms with Crippen molar-refractivity contribution in [2.45, 2.75) is 77.9 Å². The Kier molecular flexibility index (Phi) is 9.98. The monoisotopic (exact) mass is 424 g/mol. The molecule has 3 atom stereocenters. The van der Waals surface area contributed by atoms with Crippen molar-refractivity contribution in [2.75, 3.05) is 13.7 Å². The maximum absolute atomic E-state index is 12.8. The van der Waals surface area contributed by atoms with Gasteiger partial charge in [-0.2, -0.15) is 0 Å². The number of rotatable bonds is 9. The molecular formula is C21H36N4O5. The zero-order valence-corrected chi connectivity index (χ0v) is 18.9. The highest BCUT2D eigenvalue weighted by atomic mass is 16.5. The molecule has 0 bridgehead atoms. The summed E-state index contributed by atoms with van der Waals surface area (Å²) in [5.74, 6) is -1.59. The number of carbonyl (C=O) groups is 4. The zero-order valence-electron chi connectivity index (χ0n) is 18.9. The molecule has 3 amide bonds. The molecule has 0 saturated carbocycles. The first kappa shape index (κ1) is 25.6. The third kappa shape index (κ3) is 7.12. The van der Waals surface area contributed by atoms with E-state index in [1.54, 1.807) is 13.8 Å². The van der Waals surface area contributed by atoms with Gasteiger partial charge in [0.15, 0.2) is 0 Å². The molecule has 0 aliphatic carbocycles. The summed E-state index contributed by atoms with van der Waals surface area (Å²) in [6.45, 7) is 9.22. The number of carbonyl (C=O) groups excluding carboxylic acids is 4. The largest absolute Gasteiger partial charge is 0.468 e. The smallest absolute Gasteiger partial charge is 0.327 e. The third-order valence-electron chi connectivity index (χ3n) is 5.11. The molecular weight excluding hydrogens is 388 g/mol. The first-order valence-corrected chi connectivity index (χ1v) is 10.4. The number of allylic oxidation sites excluding steroid dienone is 2. The number of amides is 3. The maximum atomic E-state index is 12.8. The molecule has 3 unspecified atom stereocenters. The van der Waals surface area contributed by atoms with Crippen LogP contribution in [0.4, 0.5) is 0 Å². The molecule has 1 rings (SSSR count). The lowest BCUT2D eigenvalue weighted by Gasteiger charge is -2.40. The van der Waals surface area contributed by atoms with E-state index in [1.165, 1.54) is 12.1 Å². The van der Waals surface area contributed by atoms with Crippen molar-refractivity contribution in [2.24, 2.45) is 5.92 Å². The molecule has 3 N–H and O–H groups in total. The number of nitrogens with one attached hydrogen (secondary N) is 3. The van der Waals surface area contributed by atoms with Crippen LogP contribution in [0.1, 0.15) is 60.3 Å². The average molecular weight is 425 g/mol. The molecule has 1 aliphatic heterocycles. The maximum Gasteiger partial charge on any atom is 0.327 e. The molecule has 1 aliphatic rings. The van der Waals surface area contributed by atoms with Gasteiger partial charge in [-0.1, -0.05) is 26.0 Å². The second-order valence-electron chi connectivity index (χ2n) is 8.16. The van der Waals surface area contributed by atoms with Crippen LogP contribution >= 0.6 is 0 Å². The number of esters is 1. The van der Waals surface area contributed by atoms with E-state index in [1.807, 2.05) is 32.9 Å². The van der Waals surface area contributed by atoms with Crippen LogP contribution in [0.3, 0.4) is 0 Å². The predicted molar refractivity (Wildman–Crippen MR) is 113 cm³/mol. The van der Waals surface area contributed by atoms with Gasteiger partial charge in [0.2, 0.25) is 11.8 Å². The minimum atomic E-state index is -0.992. The van der Waals surface area contributed by atoms with Crippen LogP contribution in [-0.4, -0.2) is 60.0 Å². The van der Waals surface area contributed by atoms with Crippen molar-refractivity contribution in [3.8, 4) is 0 Å². The lowest BCUT2D eigenvalue weighted by Crippen LogP contribution is -2.65. The highest BCUT2D eigenvalue weighted by molar-refractivity contribution is 5.92. The van der Waals surface area contributed by atoms with Crippen LogP contribution < -0.4 is 16.1 Å². The van der Waals surface area contributed by atoms with E-state index >= 15 is 0 Å². The van der Waals surface area contributed by atoms with Crippen molar-refractivity contribution in [3.05, 3.63) is 12.2 Å².